The quantitative estimate of drug-likeness (QED) is 0.157. The van der Waals surface area contributed by atoms with Crippen molar-refractivity contribution < 1.29 is 32.0 Å². The zero-order chi connectivity index (χ0) is 28.2. The Morgan fingerprint density at radius 1 is 0.737 bits per heavy atom. The summed E-state index contributed by atoms with van der Waals surface area (Å²) in [6, 6.07) is 10.1. The highest BCUT2D eigenvalue weighted by Crippen LogP contribution is 2.43. The van der Waals surface area contributed by atoms with Crippen LogP contribution in [-0.4, -0.2) is 39.1 Å². The van der Waals surface area contributed by atoms with Crippen LogP contribution in [0.15, 0.2) is 67.8 Å². The van der Waals surface area contributed by atoms with Crippen LogP contribution in [0.4, 0.5) is 34.1 Å². The fourth-order valence-electron chi connectivity index (χ4n) is 3.20. The van der Waals surface area contributed by atoms with Crippen molar-refractivity contribution in [2.45, 2.75) is 18.7 Å². The minimum Gasteiger partial charge on any atom is -0.465 e. The second kappa shape index (κ2) is 11.1. The van der Waals surface area contributed by atoms with Gasteiger partial charge in [-0.25, -0.2) is 9.59 Å². The van der Waals surface area contributed by atoms with Crippen molar-refractivity contribution in [3.8, 4) is 0 Å². The van der Waals surface area contributed by atoms with Crippen molar-refractivity contribution in [2.24, 2.45) is 20.5 Å². The molecule has 0 saturated heterocycles. The third-order valence-corrected chi connectivity index (χ3v) is 6.27. The Hall–Kier alpha value is -4.69. The second-order valence-electron chi connectivity index (χ2n) is 7.93. The molecule has 0 unspecified atom stereocenters. The topological polar surface area (TPSA) is 208 Å². The van der Waals surface area contributed by atoms with Gasteiger partial charge in [-0.15, -0.1) is 10.2 Å². The van der Waals surface area contributed by atoms with Gasteiger partial charge in [0.05, 0.1) is 48.1 Å². The Kier molecular flexibility index (Phi) is 8.18. The van der Waals surface area contributed by atoms with E-state index < -0.39 is 32.6 Å². The van der Waals surface area contributed by atoms with Gasteiger partial charge in [-0.1, -0.05) is 12.1 Å². The zero-order valence-electron chi connectivity index (χ0n) is 20.8. The summed E-state index contributed by atoms with van der Waals surface area (Å²) in [6.07, 6.45) is 0. The number of rotatable bonds is 7. The normalized spacial score (nSPS) is 11.7. The number of carbonyl (C=O) groups is 2. The first-order valence-corrected chi connectivity index (χ1v) is 12.2. The van der Waals surface area contributed by atoms with Gasteiger partial charge >= 0.3 is 11.9 Å². The molecule has 0 saturated carbocycles. The Balaban J connectivity index is 2.15. The maximum atomic E-state index is 12.0. The average Bonchev–Trinajstić information content (AvgIpc) is 2.88. The number of hydrogen-bond donors (Lipinski definition) is 3. The third-order valence-electron chi connectivity index (χ3n) is 5.38. The molecular formula is C24H24N6O7S. The molecule has 0 aliphatic carbocycles. The Morgan fingerprint density at radius 3 is 1.63 bits per heavy atom. The van der Waals surface area contributed by atoms with E-state index in [1.165, 1.54) is 32.4 Å². The van der Waals surface area contributed by atoms with Crippen LogP contribution in [0.25, 0.3) is 0 Å². The van der Waals surface area contributed by atoms with Crippen molar-refractivity contribution in [2.75, 3.05) is 25.7 Å². The van der Waals surface area contributed by atoms with Crippen LogP contribution in [-0.2, 0) is 19.6 Å². The van der Waals surface area contributed by atoms with Crippen LogP contribution in [0.3, 0.4) is 0 Å². The van der Waals surface area contributed by atoms with E-state index in [0.29, 0.717) is 11.1 Å². The molecule has 3 aromatic rings. The van der Waals surface area contributed by atoms with Crippen molar-refractivity contribution in [3.63, 3.8) is 0 Å². The van der Waals surface area contributed by atoms with Crippen molar-refractivity contribution >= 4 is 56.2 Å². The molecule has 5 N–H and O–H groups in total. The number of aryl methyl sites for hydroxylation is 2. The number of carbonyl (C=O) groups excluding carboxylic acids is 2. The second-order valence-corrected chi connectivity index (χ2v) is 9.32. The van der Waals surface area contributed by atoms with E-state index >= 15 is 0 Å². The molecule has 3 aromatic carbocycles. The van der Waals surface area contributed by atoms with Crippen molar-refractivity contribution in [1.29, 1.82) is 0 Å². The fourth-order valence-corrected chi connectivity index (χ4v) is 3.84. The van der Waals surface area contributed by atoms with Gasteiger partial charge in [0.2, 0.25) is 0 Å². The van der Waals surface area contributed by atoms with Gasteiger partial charge in [0.25, 0.3) is 10.1 Å². The highest BCUT2D eigenvalue weighted by Gasteiger charge is 2.22. The Bertz CT molecular complexity index is 1600. The van der Waals surface area contributed by atoms with E-state index in [2.05, 4.69) is 20.5 Å². The van der Waals surface area contributed by atoms with E-state index in [-0.39, 0.29) is 39.6 Å². The fraction of sp³-hybridized carbons (Fsp3) is 0.167. The van der Waals surface area contributed by atoms with Crippen molar-refractivity contribution in [1.82, 2.24) is 0 Å². The summed E-state index contributed by atoms with van der Waals surface area (Å²) in [4.78, 5) is 23.0. The summed E-state index contributed by atoms with van der Waals surface area (Å²) < 4.78 is 43.2. The zero-order valence-corrected chi connectivity index (χ0v) is 21.6. The van der Waals surface area contributed by atoms with Gasteiger partial charge < -0.3 is 20.9 Å². The number of benzene rings is 3. The molecule has 0 heterocycles. The van der Waals surface area contributed by atoms with E-state index in [1.54, 1.807) is 32.0 Å². The molecule has 0 spiro atoms. The highest BCUT2D eigenvalue weighted by molar-refractivity contribution is 7.86. The van der Waals surface area contributed by atoms with E-state index in [0.717, 1.165) is 6.07 Å². The van der Waals surface area contributed by atoms with Crippen LogP contribution < -0.4 is 11.5 Å². The summed E-state index contributed by atoms with van der Waals surface area (Å²) in [5, 5.41) is 16.2. The van der Waals surface area contributed by atoms with Crippen LogP contribution in [0, 0.1) is 13.8 Å². The molecule has 0 aliphatic rings. The van der Waals surface area contributed by atoms with Gasteiger partial charge in [-0.2, -0.15) is 18.6 Å². The minimum absolute atomic E-state index is 0.189. The van der Waals surface area contributed by atoms with Gasteiger partial charge in [0.15, 0.2) is 0 Å². The maximum Gasteiger partial charge on any atom is 0.337 e. The Morgan fingerprint density at radius 2 is 1.18 bits per heavy atom. The van der Waals surface area contributed by atoms with Crippen LogP contribution in [0.1, 0.15) is 31.8 Å². The first kappa shape index (κ1) is 27.9. The van der Waals surface area contributed by atoms with Gasteiger partial charge in [-0.3, -0.25) is 4.55 Å². The lowest BCUT2D eigenvalue weighted by Gasteiger charge is -2.11. The maximum absolute atomic E-state index is 12.0. The number of esters is 2. The number of nitrogen functional groups attached to an aromatic ring is 2. The number of nitrogens with two attached hydrogens (primary N) is 2. The highest BCUT2D eigenvalue weighted by atomic mass is 32.2. The molecule has 0 aliphatic heterocycles. The lowest BCUT2D eigenvalue weighted by molar-refractivity contribution is 0.0592. The molecule has 0 atom stereocenters. The largest absolute Gasteiger partial charge is 0.465 e. The first-order valence-electron chi connectivity index (χ1n) is 10.8. The summed E-state index contributed by atoms with van der Waals surface area (Å²) in [5.74, 6) is -1.18. The summed E-state index contributed by atoms with van der Waals surface area (Å²) in [5.41, 5.74) is 13.2. The number of nitrogens with zero attached hydrogens (tertiary/aromatic N) is 4. The predicted octanol–water partition coefficient (Wildman–Crippen LogP) is 5.12. The monoisotopic (exact) mass is 540 g/mol. The van der Waals surface area contributed by atoms with Crippen LogP contribution in [0.2, 0.25) is 0 Å². The minimum atomic E-state index is -4.83. The number of hydrogen-bond acceptors (Lipinski definition) is 12. The molecule has 0 amide bonds. The molecule has 38 heavy (non-hydrogen) atoms. The van der Waals surface area contributed by atoms with Crippen LogP contribution >= 0.6 is 0 Å². The number of anilines is 2. The molecule has 0 fully saturated rings. The molecule has 3 rings (SSSR count). The van der Waals surface area contributed by atoms with Gasteiger partial charge in [0, 0.05) is 0 Å². The van der Waals surface area contributed by atoms with Gasteiger partial charge in [0.1, 0.15) is 16.3 Å². The molecule has 0 aromatic heterocycles. The number of azo groups is 2. The number of ether oxygens (including phenoxy) is 2. The average molecular weight is 541 g/mol. The van der Waals surface area contributed by atoms with E-state index in [4.69, 9.17) is 20.9 Å². The smallest absolute Gasteiger partial charge is 0.337 e. The molecular weight excluding hydrogens is 516 g/mol. The van der Waals surface area contributed by atoms with Crippen molar-refractivity contribution in [3.05, 3.63) is 64.7 Å². The summed E-state index contributed by atoms with van der Waals surface area (Å²) >= 11 is 0. The van der Waals surface area contributed by atoms with Gasteiger partial charge in [-0.05, 0) is 55.3 Å². The lowest BCUT2D eigenvalue weighted by Crippen LogP contribution is -2.05. The Labute approximate surface area is 217 Å². The van der Waals surface area contributed by atoms with E-state index in [1.807, 2.05) is 0 Å². The lowest BCUT2D eigenvalue weighted by atomic mass is 10.1. The summed E-state index contributed by atoms with van der Waals surface area (Å²) in [6.45, 7) is 3.43. The summed E-state index contributed by atoms with van der Waals surface area (Å²) in [7, 11) is -2.36. The molecule has 0 bridgehead atoms. The first-order chi connectivity index (χ1) is 17.9. The number of methoxy groups -OCH3 is 2. The van der Waals surface area contributed by atoms with E-state index in [9.17, 15) is 22.6 Å². The molecule has 198 valence electrons. The SMILES string of the molecule is COC(=O)c1ccc(C)c(/N=N/c2cc(S(=O)(=O)O)c(N)c(/N=N/c3cc(C(=O)OC)ccc3C)c2N)c1. The molecule has 14 heteroatoms. The standard InChI is InChI=1S/C24H24N6O7S/c1-12-5-7-14(23(31)36-3)9-16(12)27-29-18-11-19(38(33,34)35)21(26)22(20(18)25)30-28-17-10-15(24(32)37-4)8-6-13(17)2/h5-11H,25-26H2,1-4H3,(H,33,34,35)/b29-27+,30-28+. The predicted molar refractivity (Wildman–Crippen MR) is 138 cm³/mol. The third kappa shape index (κ3) is 5.99. The molecule has 13 nitrogen and oxygen atoms in total. The van der Waals surface area contributed by atoms with Crippen LogP contribution in [0.5, 0.6) is 0 Å². The molecule has 0 radical (unpaired) electrons.